The van der Waals surface area contributed by atoms with E-state index in [9.17, 15) is 20.0 Å². The van der Waals surface area contributed by atoms with Crippen molar-refractivity contribution >= 4 is 22.5 Å². The number of carbonyl (C=O) groups excluding carboxylic acids is 1. The third-order valence-corrected chi connectivity index (χ3v) is 5.80. The van der Waals surface area contributed by atoms with E-state index in [1.807, 2.05) is 61.5 Å². The molecule has 4 aromatic rings. The average Bonchev–Trinajstić information content (AvgIpc) is 2.87. The molecule has 1 heterocycles. The van der Waals surface area contributed by atoms with E-state index in [1.54, 1.807) is 12.1 Å². The van der Waals surface area contributed by atoms with Gasteiger partial charge in [-0.05, 0) is 35.2 Å². The molecule has 2 N–H and O–H groups in total. The van der Waals surface area contributed by atoms with Crippen LogP contribution < -0.4 is 5.32 Å². The number of pyridine rings is 1. The van der Waals surface area contributed by atoms with Crippen LogP contribution in [-0.2, 0) is 4.79 Å². The van der Waals surface area contributed by atoms with Crippen molar-refractivity contribution in [3.63, 3.8) is 0 Å². The highest BCUT2D eigenvalue weighted by molar-refractivity contribution is 5.94. The number of carbonyl (C=O) groups is 1. The predicted molar refractivity (Wildman–Crippen MR) is 131 cm³/mol. The number of benzene rings is 3. The Labute approximate surface area is 197 Å². The highest BCUT2D eigenvalue weighted by Gasteiger charge is 2.27. The summed E-state index contributed by atoms with van der Waals surface area (Å²) in [6, 6.07) is 21.1. The van der Waals surface area contributed by atoms with Gasteiger partial charge in [-0.3, -0.25) is 19.9 Å². The molecule has 1 unspecified atom stereocenters. The first-order valence-corrected chi connectivity index (χ1v) is 11.2. The van der Waals surface area contributed by atoms with Crippen molar-refractivity contribution < 1.29 is 14.8 Å². The van der Waals surface area contributed by atoms with Gasteiger partial charge in [-0.15, -0.1) is 0 Å². The summed E-state index contributed by atoms with van der Waals surface area (Å²) >= 11 is 0. The molecule has 0 aliphatic carbocycles. The van der Waals surface area contributed by atoms with Crippen molar-refractivity contribution in [1.82, 2.24) is 10.3 Å². The topological polar surface area (TPSA) is 105 Å². The minimum absolute atomic E-state index is 0.125. The highest BCUT2D eigenvalue weighted by atomic mass is 16.6. The molecule has 1 amide bonds. The second kappa shape index (κ2) is 10.1. The molecular formula is C27H25N3O4. The van der Waals surface area contributed by atoms with E-state index < -0.39 is 11.0 Å². The SMILES string of the molecule is CCCCC(=O)NC(c1ccc(-c2ccccc2)cc1)c1cc([N+](=O)[O-])c2cccnc2c1O. The number of amides is 1. The molecule has 34 heavy (non-hydrogen) atoms. The maximum Gasteiger partial charge on any atom is 0.279 e. The van der Waals surface area contributed by atoms with Crippen LogP contribution in [0.4, 0.5) is 5.69 Å². The van der Waals surface area contributed by atoms with Crippen LogP contribution in [0.2, 0.25) is 0 Å². The average molecular weight is 456 g/mol. The molecule has 1 atom stereocenters. The fourth-order valence-corrected chi connectivity index (χ4v) is 4.01. The summed E-state index contributed by atoms with van der Waals surface area (Å²) < 4.78 is 0. The molecule has 0 aliphatic heterocycles. The van der Waals surface area contributed by atoms with E-state index in [-0.39, 0.29) is 33.8 Å². The Balaban J connectivity index is 1.82. The van der Waals surface area contributed by atoms with Gasteiger partial charge < -0.3 is 10.4 Å². The summed E-state index contributed by atoms with van der Waals surface area (Å²) in [5, 5.41) is 26.1. The number of phenolic OH excluding ortho intramolecular Hbond substituents is 1. The fourth-order valence-electron chi connectivity index (χ4n) is 4.01. The molecule has 0 saturated carbocycles. The molecule has 7 nitrogen and oxygen atoms in total. The van der Waals surface area contributed by atoms with Crippen molar-refractivity contribution in [2.45, 2.75) is 32.2 Å². The van der Waals surface area contributed by atoms with Crippen molar-refractivity contribution in [2.75, 3.05) is 0 Å². The molecule has 4 rings (SSSR count). The lowest BCUT2D eigenvalue weighted by molar-refractivity contribution is -0.383. The van der Waals surface area contributed by atoms with Crippen LogP contribution in [-0.4, -0.2) is 20.9 Å². The number of rotatable bonds is 8. The quantitative estimate of drug-likeness (QED) is 0.254. The second-order valence-electron chi connectivity index (χ2n) is 8.08. The maximum atomic E-state index is 12.7. The minimum Gasteiger partial charge on any atom is -0.505 e. The largest absolute Gasteiger partial charge is 0.505 e. The molecular weight excluding hydrogens is 430 g/mol. The van der Waals surface area contributed by atoms with Crippen LogP contribution in [0.1, 0.15) is 43.4 Å². The molecule has 0 bridgehead atoms. The number of nitrogens with one attached hydrogen (secondary N) is 1. The number of phenols is 1. The van der Waals surface area contributed by atoms with Crippen LogP contribution >= 0.6 is 0 Å². The number of hydrogen-bond acceptors (Lipinski definition) is 5. The Morgan fingerprint density at radius 2 is 1.76 bits per heavy atom. The van der Waals surface area contributed by atoms with E-state index in [1.165, 1.54) is 12.3 Å². The summed E-state index contributed by atoms with van der Waals surface area (Å²) in [7, 11) is 0. The fraction of sp³-hybridized carbons (Fsp3) is 0.185. The Hall–Kier alpha value is -4.26. The van der Waals surface area contributed by atoms with Crippen LogP contribution in [0.3, 0.4) is 0 Å². The van der Waals surface area contributed by atoms with E-state index in [2.05, 4.69) is 10.3 Å². The van der Waals surface area contributed by atoms with E-state index in [0.29, 0.717) is 12.0 Å². The van der Waals surface area contributed by atoms with E-state index in [4.69, 9.17) is 0 Å². The van der Waals surface area contributed by atoms with Gasteiger partial charge in [0.05, 0.1) is 16.4 Å². The normalized spacial score (nSPS) is 11.8. The third kappa shape index (κ3) is 4.73. The Bertz CT molecular complexity index is 1320. The number of nitro benzene ring substituents is 1. The zero-order chi connectivity index (χ0) is 24.1. The molecule has 0 fully saturated rings. The zero-order valence-electron chi connectivity index (χ0n) is 18.8. The first-order chi connectivity index (χ1) is 16.5. The number of non-ortho nitro benzene ring substituents is 1. The molecule has 0 radical (unpaired) electrons. The van der Waals surface area contributed by atoms with Crippen molar-refractivity contribution in [3.05, 3.63) is 100 Å². The lowest BCUT2D eigenvalue weighted by atomic mass is 9.93. The van der Waals surface area contributed by atoms with Crippen LogP contribution in [0.25, 0.3) is 22.0 Å². The van der Waals surface area contributed by atoms with Crippen LogP contribution in [0.5, 0.6) is 5.75 Å². The molecule has 3 aromatic carbocycles. The number of nitro groups is 1. The number of nitrogens with zero attached hydrogens (tertiary/aromatic N) is 2. The van der Waals surface area contributed by atoms with Crippen molar-refractivity contribution in [3.8, 4) is 16.9 Å². The summed E-state index contributed by atoms with van der Waals surface area (Å²) in [6.45, 7) is 2.00. The summed E-state index contributed by atoms with van der Waals surface area (Å²) in [6.07, 6.45) is 3.38. The number of unbranched alkanes of at least 4 members (excludes halogenated alkanes) is 1. The van der Waals surface area contributed by atoms with Gasteiger partial charge in [0.15, 0.2) is 0 Å². The molecule has 0 aliphatic rings. The second-order valence-corrected chi connectivity index (χ2v) is 8.08. The molecule has 1 aromatic heterocycles. The van der Waals surface area contributed by atoms with E-state index >= 15 is 0 Å². The molecule has 0 saturated heterocycles. The van der Waals surface area contributed by atoms with Crippen LogP contribution in [0.15, 0.2) is 79.0 Å². The van der Waals surface area contributed by atoms with Gasteiger partial charge in [0.1, 0.15) is 11.3 Å². The summed E-state index contributed by atoms with van der Waals surface area (Å²) in [5.74, 6) is -0.378. The van der Waals surface area contributed by atoms with Crippen molar-refractivity contribution in [2.24, 2.45) is 0 Å². The third-order valence-electron chi connectivity index (χ3n) is 5.80. The highest BCUT2D eigenvalue weighted by Crippen LogP contribution is 2.39. The Morgan fingerprint density at radius 1 is 1.06 bits per heavy atom. The smallest absolute Gasteiger partial charge is 0.279 e. The van der Waals surface area contributed by atoms with Gasteiger partial charge >= 0.3 is 0 Å². The van der Waals surface area contributed by atoms with Gasteiger partial charge in [0.25, 0.3) is 5.69 Å². The van der Waals surface area contributed by atoms with Crippen molar-refractivity contribution in [1.29, 1.82) is 0 Å². The first-order valence-electron chi connectivity index (χ1n) is 11.2. The van der Waals surface area contributed by atoms with Gasteiger partial charge in [0, 0.05) is 24.2 Å². The molecule has 7 heteroatoms. The lowest BCUT2D eigenvalue weighted by Gasteiger charge is -2.22. The minimum atomic E-state index is -0.778. The monoisotopic (exact) mass is 455 g/mol. The van der Waals surface area contributed by atoms with Gasteiger partial charge in [-0.2, -0.15) is 0 Å². The molecule has 172 valence electrons. The van der Waals surface area contributed by atoms with Gasteiger partial charge in [-0.25, -0.2) is 0 Å². The Morgan fingerprint density at radius 3 is 2.44 bits per heavy atom. The van der Waals surface area contributed by atoms with Gasteiger partial charge in [0.2, 0.25) is 5.91 Å². The standard InChI is InChI=1S/C27H25N3O4/c1-2-3-11-24(31)29-25(20-14-12-19(13-15-20)18-8-5-4-6-9-18)22-17-23(30(33)34)21-10-7-16-28-26(21)27(22)32/h4-10,12-17,25,32H,2-3,11H2,1H3,(H,29,31). The maximum absolute atomic E-state index is 12.7. The summed E-state index contributed by atoms with van der Waals surface area (Å²) in [5.41, 5.74) is 2.92. The number of aromatic nitrogens is 1. The number of aromatic hydroxyl groups is 1. The number of hydrogen-bond donors (Lipinski definition) is 2. The molecule has 0 spiro atoms. The van der Waals surface area contributed by atoms with Crippen LogP contribution in [0, 0.1) is 10.1 Å². The Kier molecular flexibility index (Phi) is 6.82. The van der Waals surface area contributed by atoms with Gasteiger partial charge in [-0.1, -0.05) is 67.9 Å². The summed E-state index contributed by atoms with van der Waals surface area (Å²) in [4.78, 5) is 28.2. The lowest BCUT2D eigenvalue weighted by Crippen LogP contribution is -2.29. The van der Waals surface area contributed by atoms with E-state index in [0.717, 1.165) is 24.0 Å². The first kappa shape index (κ1) is 22.9. The number of fused-ring (bicyclic) bond motifs is 1. The predicted octanol–water partition coefficient (Wildman–Crippen LogP) is 5.91. The zero-order valence-corrected chi connectivity index (χ0v) is 18.8.